The number of aryl methyl sites for hydroxylation is 2. The number of nitrogens with zero attached hydrogens (tertiary/aromatic N) is 1. The first-order valence-electron chi connectivity index (χ1n) is 7.48. The number of hydrogen-bond donors (Lipinski definition) is 1. The average molecular weight is 300 g/mol. The van der Waals surface area contributed by atoms with E-state index in [-0.39, 0.29) is 5.91 Å². The molecule has 1 aromatic heterocycles. The minimum absolute atomic E-state index is 0.0117. The van der Waals surface area contributed by atoms with Gasteiger partial charge in [-0.2, -0.15) is 0 Å². The lowest BCUT2D eigenvalue weighted by Gasteiger charge is -2.05. The SMILES string of the molecule is CC(C)c1cnc(NC(=O)Cc2ccc3c(c2)CCC3)s1. The van der Waals surface area contributed by atoms with E-state index in [9.17, 15) is 4.79 Å². The summed E-state index contributed by atoms with van der Waals surface area (Å²) in [4.78, 5) is 17.6. The molecule has 3 rings (SSSR count). The Morgan fingerprint density at radius 3 is 2.90 bits per heavy atom. The van der Waals surface area contributed by atoms with E-state index >= 15 is 0 Å². The van der Waals surface area contributed by atoms with Crippen LogP contribution in [0.3, 0.4) is 0 Å². The third-order valence-corrected chi connectivity index (χ3v) is 5.08. The molecule has 21 heavy (non-hydrogen) atoms. The topological polar surface area (TPSA) is 42.0 Å². The Bertz CT molecular complexity index is 661. The summed E-state index contributed by atoms with van der Waals surface area (Å²) in [7, 11) is 0. The highest BCUT2D eigenvalue weighted by Crippen LogP contribution is 2.26. The second-order valence-corrected chi connectivity index (χ2v) is 6.97. The molecule has 0 aliphatic heterocycles. The summed E-state index contributed by atoms with van der Waals surface area (Å²) in [6.45, 7) is 4.26. The smallest absolute Gasteiger partial charge is 0.230 e. The number of rotatable bonds is 4. The summed E-state index contributed by atoms with van der Waals surface area (Å²) in [5.41, 5.74) is 3.95. The molecule has 3 nitrogen and oxygen atoms in total. The van der Waals surface area contributed by atoms with Crippen molar-refractivity contribution in [1.29, 1.82) is 0 Å². The lowest BCUT2D eigenvalue weighted by Crippen LogP contribution is -2.14. The average Bonchev–Trinajstić information content (AvgIpc) is 3.06. The van der Waals surface area contributed by atoms with Crippen LogP contribution in [0, 0.1) is 0 Å². The molecule has 0 spiro atoms. The highest BCUT2D eigenvalue weighted by molar-refractivity contribution is 7.15. The minimum Gasteiger partial charge on any atom is -0.302 e. The van der Waals surface area contributed by atoms with E-state index in [4.69, 9.17) is 0 Å². The van der Waals surface area contributed by atoms with E-state index in [1.54, 1.807) is 11.3 Å². The molecule has 1 N–H and O–H groups in total. The number of amides is 1. The van der Waals surface area contributed by atoms with Crippen molar-refractivity contribution < 1.29 is 4.79 Å². The van der Waals surface area contributed by atoms with Crippen LogP contribution < -0.4 is 5.32 Å². The van der Waals surface area contributed by atoms with Crippen LogP contribution in [0.5, 0.6) is 0 Å². The van der Waals surface area contributed by atoms with Gasteiger partial charge in [0.25, 0.3) is 0 Å². The number of nitrogens with one attached hydrogen (secondary N) is 1. The Hall–Kier alpha value is -1.68. The van der Waals surface area contributed by atoms with Crippen molar-refractivity contribution in [3.8, 4) is 0 Å². The minimum atomic E-state index is 0.0117. The lowest BCUT2D eigenvalue weighted by molar-refractivity contribution is -0.115. The second kappa shape index (κ2) is 5.98. The summed E-state index contributed by atoms with van der Waals surface area (Å²) in [5, 5.41) is 3.60. The van der Waals surface area contributed by atoms with E-state index in [0.29, 0.717) is 17.5 Å². The maximum Gasteiger partial charge on any atom is 0.230 e. The van der Waals surface area contributed by atoms with Gasteiger partial charge < -0.3 is 5.32 Å². The van der Waals surface area contributed by atoms with Gasteiger partial charge in [-0.1, -0.05) is 32.0 Å². The van der Waals surface area contributed by atoms with Gasteiger partial charge in [-0.3, -0.25) is 4.79 Å². The quantitative estimate of drug-likeness (QED) is 0.929. The van der Waals surface area contributed by atoms with Gasteiger partial charge in [0.05, 0.1) is 6.42 Å². The molecule has 0 radical (unpaired) electrons. The summed E-state index contributed by atoms with van der Waals surface area (Å²) in [5.74, 6) is 0.461. The summed E-state index contributed by atoms with van der Waals surface area (Å²) >= 11 is 1.56. The fourth-order valence-corrected chi connectivity index (χ4v) is 3.53. The molecule has 1 aromatic carbocycles. The summed E-state index contributed by atoms with van der Waals surface area (Å²) < 4.78 is 0. The van der Waals surface area contributed by atoms with Gasteiger partial charge in [-0.25, -0.2) is 4.98 Å². The predicted octanol–water partition coefficient (Wildman–Crippen LogP) is 3.94. The highest BCUT2D eigenvalue weighted by atomic mass is 32.1. The molecule has 1 amide bonds. The van der Waals surface area contributed by atoms with Gasteiger partial charge in [0.15, 0.2) is 5.13 Å². The van der Waals surface area contributed by atoms with E-state index < -0.39 is 0 Å². The third kappa shape index (κ3) is 3.32. The van der Waals surface area contributed by atoms with Crippen molar-refractivity contribution in [3.05, 3.63) is 46.0 Å². The number of carbonyl (C=O) groups is 1. The molecule has 1 heterocycles. The highest BCUT2D eigenvalue weighted by Gasteiger charge is 2.13. The molecule has 0 saturated heterocycles. The molecule has 110 valence electrons. The largest absolute Gasteiger partial charge is 0.302 e. The number of anilines is 1. The van der Waals surface area contributed by atoms with Crippen molar-refractivity contribution in [1.82, 2.24) is 4.98 Å². The Morgan fingerprint density at radius 1 is 1.33 bits per heavy atom. The maximum absolute atomic E-state index is 12.1. The fraction of sp³-hybridized carbons (Fsp3) is 0.412. The predicted molar refractivity (Wildman–Crippen MR) is 87.0 cm³/mol. The van der Waals surface area contributed by atoms with E-state index in [1.807, 2.05) is 6.20 Å². The Morgan fingerprint density at radius 2 is 2.14 bits per heavy atom. The van der Waals surface area contributed by atoms with Crippen LogP contribution in [-0.2, 0) is 24.1 Å². The van der Waals surface area contributed by atoms with Crippen LogP contribution in [0.4, 0.5) is 5.13 Å². The Labute approximate surface area is 129 Å². The number of benzene rings is 1. The van der Waals surface area contributed by atoms with E-state index in [2.05, 4.69) is 42.3 Å². The summed E-state index contributed by atoms with van der Waals surface area (Å²) in [6.07, 6.45) is 5.83. The molecular formula is C17H20N2OS. The first-order chi connectivity index (χ1) is 10.1. The van der Waals surface area contributed by atoms with Gasteiger partial charge in [0.2, 0.25) is 5.91 Å². The van der Waals surface area contributed by atoms with Crippen molar-refractivity contribution >= 4 is 22.4 Å². The molecule has 0 fully saturated rings. The normalized spacial score (nSPS) is 13.5. The zero-order valence-electron chi connectivity index (χ0n) is 12.5. The van der Waals surface area contributed by atoms with Crippen molar-refractivity contribution in [2.24, 2.45) is 0 Å². The van der Waals surface area contributed by atoms with Crippen LogP contribution in [0.15, 0.2) is 24.4 Å². The van der Waals surface area contributed by atoms with Crippen molar-refractivity contribution in [2.45, 2.75) is 45.4 Å². The lowest BCUT2D eigenvalue weighted by atomic mass is 10.0. The first-order valence-corrected chi connectivity index (χ1v) is 8.29. The Kier molecular flexibility index (Phi) is 4.06. The summed E-state index contributed by atoms with van der Waals surface area (Å²) in [6, 6.07) is 6.43. The Balaban J connectivity index is 1.63. The molecule has 0 bridgehead atoms. The second-order valence-electron chi connectivity index (χ2n) is 5.90. The van der Waals surface area contributed by atoms with Gasteiger partial charge in [0.1, 0.15) is 0 Å². The van der Waals surface area contributed by atoms with Crippen LogP contribution in [0.2, 0.25) is 0 Å². The van der Waals surface area contributed by atoms with E-state index in [0.717, 1.165) is 12.0 Å². The molecule has 0 saturated carbocycles. The third-order valence-electron chi connectivity index (χ3n) is 3.87. The van der Waals surface area contributed by atoms with E-state index in [1.165, 1.54) is 28.8 Å². The van der Waals surface area contributed by atoms with Crippen LogP contribution in [0.25, 0.3) is 0 Å². The standard InChI is InChI=1S/C17H20N2OS/c1-11(2)15-10-18-17(21-15)19-16(20)9-12-6-7-13-4-3-5-14(13)8-12/h6-8,10-11H,3-5,9H2,1-2H3,(H,18,19,20). The van der Waals surface area contributed by atoms with Gasteiger partial charge in [-0.15, -0.1) is 11.3 Å². The van der Waals surface area contributed by atoms with Crippen LogP contribution in [0.1, 0.15) is 47.8 Å². The van der Waals surface area contributed by atoms with Crippen molar-refractivity contribution in [2.75, 3.05) is 5.32 Å². The number of hydrogen-bond acceptors (Lipinski definition) is 3. The van der Waals surface area contributed by atoms with Gasteiger partial charge in [-0.05, 0) is 41.9 Å². The fourth-order valence-electron chi connectivity index (χ4n) is 2.70. The number of aromatic nitrogens is 1. The molecule has 1 aliphatic rings. The molecular weight excluding hydrogens is 280 g/mol. The molecule has 4 heteroatoms. The number of fused-ring (bicyclic) bond motifs is 1. The number of carbonyl (C=O) groups excluding carboxylic acids is 1. The van der Waals surface area contributed by atoms with Crippen LogP contribution >= 0.6 is 11.3 Å². The molecule has 0 unspecified atom stereocenters. The van der Waals surface area contributed by atoms with Gasteiger partial charge >= 0.3 is 0 Å². The zero-order chi connectivity index (χ0) is 14.8. The monoisotopic (exact) mass is 300 g/mol. The first kappa shape index (κ1) is 14.3. The molecule has 0 atom stereocenters. The zero-order valence-corrected chi connectivity index (χ0v) is 13.3. The number of thiazole rings is 1. The van der Waals surface area contributed by atoms with Crippen LogP contribution in [-0.4, -0.2) is 10.9 Å². The maximum atomic E-state index is 12.1. The van der Waals surface area contributed by atoms with Gasteiger partial charge in [0, 0.05) is 11.1 Å². The van der Waals surface area contributed by atoms with Crippen molar-refractivity contribution in [3.63, 3.8) is 0 Å². The molecule has 1 aliphatic carbocycles. The molecule has 2 aromatic rings.